The zero-order valence-corrected chi connectivity index (χ0v) is 13.9. The van der Waals surface area contributed by atoms with Crippen LogP contribution in [0, 0.1) is 0 Å². The first kappa shape index (κ1) is 17.0. The average molecular weight is 342 g/mol. The lowest BCUT2D eigenvalue weighted by Crippen LogP contribution is -2.39. The summed E-state index contributed by atoms with van der Waals surface area (Å²) in [6.07, 6.45) is 2.13. The third-order valence-electron chi connectivity index (χ3n) is 2.79. The molecule has 0 amide bonds. The standard InChI is InChI=1S/C15H24BrN3O/c1-3-20-11-10-19-15(17-2)18-9-5-7-13-6-4-8-14(16)12-13/h4,6,8,12H,3,5,7,9-11H2,1-2H3,(H2,17,18,19). The fourth-order valence-corrected chi connectivity index (χ4v) is 2.24. The van der Waals surface area contributed by atoms with Crippen molar-refractivity contribution in [2.45, 2.75) is 19.8 Å². The lowest BCUT2D eigenvalue weighted by molar-refractivity contribution is 0.152. The van der Waals surface area contributed by atoms with Gasteiger partial charge < -0.3 is 15.4 Å². The molecular formula is C15H24BrN3O. The maximum Gasteiger partial charge on any atom is 0.191 e. The van der Waals surface area contributed by atoms with Gasteiger partial charge in [0, 0.05) is 31.2 Å². The van der Waals surface area contributed by atoms with E-state index >= 15 is 0 Å². The van der Waals surface area contributed by atoms with Gasteiger partial charge in [-0.05, 0) is 37.5 Å². The van der Waals surface area contributed by atoms with Crippen LogP contribution >= 0.6 is 15.9 Å². The first-order valence-corrected chi connectivity index (χ1v) is 7.82. The molecule has 20 heavy (non-hydrogen) atoms. The maximum absolute atomic E-state index is 5.27. The Bertz CT molecular complexity index is 410. The molecule has 4 nitrogen and oxygen atoms in total. The van der Waals surface area contributed by atoms with Crippen LogP contribution in [-0.4, -0.2) is 39.3 Å². The van der Waals surface area contributed by atoms with Crippen molar-refractivity contribution in [2.75, 3.05) is 33.4 Å². The highest BCUT2D eigenvalue weighted by Gasteiger charge is 1.98. The van der Waals surface area contributed by atoms with Crippen molar-refractivity contribution in [2.24, 2.45) is 4.99 Å². The van der Waals surface area contributed by atoms with E-state index in [2.05, 4.69) is 49.8 Å². The number of aliphatic imine (C=N–C) groups is 1. The molecule has 0 aromatic heterocycles. The largest absolute Gasteiger partial charge is 0.380 e. The Morgan fingerprint density at radius 3 is 2.80 bits per heavy atom. The summed E-state index contributed by atoms with van der Waals surface area (Å²) in [6, 6.07) is 8.43. The van der Waals surface area contributed by atoms with E-state index in [9.17, 15) is 0 Å². The van der Waals surface area contributed by atoms with Crippen LogP contribution in [0.2, 0.25) is 0 Å². The van der Waals surface area contributed by atoms with E-state index in [1.807, 2.05) is 13.0 Å². The number of benzene rings is 1. The Morgan fingerprint density at radius 1 is 1.30 bits per heavy atom. The van der Waals surface area contributed by atoms with Gasteiger partial charge in [0.25, 0.3) is 0 Å². The number of hydrogen-bond donors (Lipinski definition) is 2. The zero-order chi connectivity index (χ0) is 14.6. The molecule has 0 saturated carbocycles. The van der Waals surface area contributed by atoms with Gasteiger partial charge in [0.05, 0.1) is 6.61 Å². The summed E-state index contributed by atoms with van der Waals surface area (Å²) >= 11 is 3.49. The van der Waals surface area contributed by atoms with Gasteiger partial charge in [-0.3, -0.25) is 4.99 Å². The van der Waals surface area contributed by atoms with Gasteiger partial charge in [0.15, 0.2) is 5.96 Å². The van der Waals surface area contributed by atoms with Crippen LogP contribution in [0.1, 0.15) is 18.9 Å². The molecular weight excluding hydrogens is 318 g/mol. The number of guanidine groups is 1. The number of aryl methyl sites for hydroxylation is 1. The third kappa shape index (κ3) is 7.50. The second kappa shape index (κ2) is 10.7. The van der Waals surface area contributed by atoms with Gasteiger partial charge in [-0.15, -0.1) is 0 Å². The van der Waals surface area contributed by atoms with Gasteiger partial charge in [0.1, 0.15) is 0 Å². The number of nitrogens with zero attached hydrogens (tertiary/aromatic N) is 1. The maximum atomic E-state index is 5.27. The van der Waals surface area contributed by atoms with Crippen molar-refractivity contribution in [3.8, 4) is 0 Å². The van der Waals surface area contributed by atoms with E-state index in [4.69, 9.17) is 4.74 Å². The smallest absolute Gasteiger partial charge is 0.191 e. The zero-order valence-electron chi connectivity index (χ0n) is 12.3. The molecule has 1 aromatic rings. The quantitative estimate of drug-likeness (QED) is 0.434. The van der Waals surface area contributed by atoms with Gasteiger partial charge in [-0.2, -0.15) is 0 Å². The molecule has 0 bridgehead atoms. The molecule has 0 aliphatic carbocycles. The Balaban J connectivity index is 2.15. The molecule has 0 atom stereocenters. The summed E-state index contributed by atoms with van der Waals surface area (Å²) in [5.74, 6) is 0.832. The number of rotatable bonds is 8. The SMILES string of the molecule is CCOCCNC(=NC)NCCCc1cccc(Br)c1. The molecule has 0 unspecified atom stereocenters. The Labute approximate surface area is 130 Å². The summed E-state index contributed by atoms with van der Waals surface area (Å²) in [5, 5.41) is 6.52. The topological polar surface area (TPSA) is 45.6 Å². The molecule has 0 aliphatic heterocycles. The molecule has 0 heterocycles. The summed E-state index contributed by atoms with van der Waals surface area (Å²) in [7, 11) is 1.78. The molecule has 112 valence electrons. The van der Waals surface area contributed by atoms with Crippen molar-refractivity contribution < 1.29 is 4.74 Å². The Morgan fingerprint density at radius 2 is 2.10 bits per heavy atom. The van der Waals surface area contributed by atoms with E-state index in [0.29, 0.717) is 6.61 Å². The van der Waals surface area contributed by atoms with Crippen molar-refractivity contribution in [3.63, 3.8) is 0 Å². The number of nitrogens with one attached hydrogen (secondary N) is 2. The minimum atomic E-state index is 0.704. The van der Waals surface area contributed by atoms with E-state index in [1.165, 1.54) is 5.56 Å². The van der Waals surface area contributed by atoms with Crippen LogP contribution in [-0.2, 0) is 11.2 Å². The van der Waals surface area contributed by atoms with Crippen LogP contribution < -0.4 is 10.6 Å². The highest BCUT2D eigenvalue weighted by molar-refractivity contribution is 9.10. The molecule has 0 aliphatic rings. The Hall–Kier alpha value is -1.07. The van der Waals surface area contributed by atoms with E-state index < -0.39 is 0 Å². The predicted molar refractivity (Wildman–Crippen MR) is 88.3 cm³/mol. The normalized spacial score (nSPS) is 11.4. The van der Waals surface area contributed by atoms with Crippen LogP contribution in [0.3, 0.4) is 0 Å². The summed E-state index contributed by atoms with van der Waals surface area (Å²) in [4.78, 5) is 4.18. The lowest BCUT2D eigenvalue weighted by Gasteiger charge is -2.11. The molecule has 0 fully saturated rings. The van der Waals surface area contributed by atoms with E-state index in [1.54, 1.807) is 7.05 Å². The summed E-state index contributed by atoms with van der Waals surface area (Å²) in [5.41, 5.74) is 1.35. The van der Waals surface area contributed by atoms with Gasteiger partial charge in [0.2, 0.25) is 0 Å². The fraction of sp³-hybridized carbons (Fsp3) is 0.533. The second-order valence-corrected chi connectivity index (χ2v) is 5.27. The number of hydrogen-bond acceptors (Lipinski definition) is 2. The summed E-state index contributed by atoms with van der Waals surface area (Å²) < 4.78 is 6.41. The number of halogens is 1. The molecule has 0 saturated heterocycles. The molecule has 1 rings (SSSR count). The second-order valence-electron chi connectivity index (χ2n) is 4.36. The molecule has 2 N–H and O–H groups in total. The van der Waals surface area contributed by atoms with E-state index in [0.717, 1.165) is 43.0 Å². The first-order valence-electron chi connectivity index (χ1n) is 7.03. The van der Waals surface area contributed by atoms with Crippen molar-refractivity contribution in [1.82, 2.24) is 10.6 Å². The van der Waals surface area contributed by atoms with Crippen molar-refractivity contribution in [3.05, 3.63) is 34.3 Å². The number of ether oxygens (including phenoxy) is 1. The Kier molecular flexibility index (Phi) is 9.07. The lowest BCUT2D eigenvalue weighted by atomic mass is 10.1. The average Bonchev–Trinajstić information content (AvgIpc) is 2.46. The van der Waals surface area contributed by atoms with E-state index in [-0.39, 0.29) is 0 Å². The summed E-state index contributed by atoms with van der Waals surface area (Å²) in [6.45, 7) is 5.13. The highest BCUT2D eigenvalue weighted by Crippen LogP contribution is 2.12. The highest BCUT2D eigenvalue weighted by atomic mass is 79.9. The molecule has 0 radical (unpaired) electrons. The predicted octanol–water partition coefficient (Wildman–Crippen LogP) is 2.58. The molecule has 0 spiro atoms. The molecule has 5 heteroatoms. The van der Waals surface area contributed by atoms with Gasteiger partial charge in [-0.1, -0.05) is 28.1 Å². The van der Waals surface area contributed by atoms with Crippen LogP contribution in [0.25, 0.3) is 0 Å². The monoisotopic (exact) mass is 341 g/mol. The van der Waals surface area contributed by atoms with Gasteiger partial charge >= 0.3 is 0 Å². The first-order chi connectivity index (χ1) is 9.76. The van der Waals surface area contributed by atoms with Gasteiger partial charge in [-0.25, -0.2) is 0 Å². The van der Waals surface area contributed by atoms with Crippen LogP contribution in [0.5, 0.6) is 0 Å². The van der Waals surface area contributed by atoms with Crippen molar-refractivity contribution in [1.29, 1.82) is 0 Å². The van der Waals surface area contributed by atoms with Crippen molar-refractivity contribution >= 4 is 21.9 Å². The third-order valence-corrected chi connectivity index (χ3v) is 3.28. The van der Waals surface area contributed by atoms with Crippen LogP contribution in [0.15, 0.2) is 33.7 Å². The minimum Gasteiger partial charge on any atom is -0.380 e. The minimum absolute atomic E-state index is 0.704. The molecule has 1 aromatic carbocycles. The fourth-order valence-electron chi connectivity index (χ4n) is 1.80. The van der Waals surface area contributed by atoms with Crippen LogP contribution in [0.4, 0.5) is 0 Å².